The Morgan fingerprint density at radius 2 is 0.473 bits per heavy atom. The quantitative estimate of drug-likeness (QED) is 0.121. The van der Waals surface area contributed by atoms with Crippen LogP contribution in [0.15, 0.2) is 36.4 Å². The van der Waals surface area contributed by atoms with Crippen LogP contribution in [0, 0.1) is 20.8 Å². The molecule has 0 bridgehead atoms. The Balaban J connectivity index is 2.61. The SMILES string of the molecule is CCC(C)(C)c1cc(C)cc(C(C)(C)CC)c1OP(Oc1c(C(C)(C)CC)cc(C)cc1C(C)(C)CC)Oc1c(C(C)(C)CC)cc(C)cc1C(C)(C)CC. The third kappa shape index (κ3) is 10.1. The lowest BCUT2D eigenvalue weighted by Gasteiger charge is -2.37. The van der Waals surface area contributed by atoms with Crippen LogP contribution in [0.1, 0.15) is 213 Å². The first-order valence-electron chi connectivity index (χ1n) is 21.5. The average Bonchev–Trinajstić information content (AvgIpc) is 3.12. The largest absolute Gasteiger partial charge is 0.530 e. The van der Waals surface area contributed by atoms with E-state index < -0.39 is 8.60 Å². The van der Waals surface area contributed by atoms with Crippen LogP contribution in [-0.2, 0) is 32.5 Å². The molecular formula is C51H81O3P. The second kappa shape index (κ2) is 17.1. The van der Waals surface area contributed by atoms with Gasteiger partial charge in [0.25, 0.3) is 0 Å². The van der Waals surface area contributed by atoms with Crippen molar-refractivity contribution in [2.24, 2.45) is 0 Å². The normalized spacial score (nSPS) is 13.4. The molecule has 308 valence electrons. The number of rotatable bonds is 18. The molecule has 0 amide bonds. The highest BCUT2D eigenvalue weighted by atomic mass is 31.2. The third-order valence-electron chi connectivity index (χ3n) is 13.9. The summed E-state index contributed by atoms with van der Waals surface area (Å²) < 4.78 is 22.8. The zero-order chi connectivity index (χ0) is 42.1. The Kier molecular flexibility index (Phi) is 14.6. The van der Waals surface area contributed by atoms with Crippen molar-refractivity contribution in [3.63, 3.8) is 0 Å². The van der Waals surface area contributed by atoms with Gasteiger partial charge < -0.3 is 13.6 Å². The van der Waals surface area contributed by atoms with Gasteiger partial charge in [-0.1, -0.05) is 178 Å². The molecule has 0 atom stereocenters. The molecule has 0 aromatic heterocycles. The fourth-order valence-electron chi connectivity index (χ4n) is 7.05. The molecule has 0 spiro atoms. The predicted molar refractivity (Wildman–Crippen MR) is 242 cm³/mol. The average molecular weight is 773 g/mol. The Labute approximate surface area is 341 Å². The zero-order valence-corrected chi connectivity index (χ0v) is 40.3. The molecule has 0 aliphatic rings. The maximum Gasteiger partial charge on any atom is 0.530 e. The maximum absolute atomic E-state index is 7.60. The molecular weight excluding hydrogens is 692 g/mol. The van der Waals surface area contributed by atoms with Gasteiger partial charge in [0.05, 0.1) is 0 Å². The second-order valence-corrected chi connectivity index (χ2v) is 21.5. The third-order valence-corrected chi connectivity index (χ3v) is 14.9. The van der Waals surface area contributed by atoms with Gasteiger partial charge in [0.15, 0.2) is 0 Å². The van der Waals surface area contributed by atoms with E-state index in [1.165, 1.54) is 50.1 Å². The van der Waals surface area contributed by atoms with Crippen LogP contribution in [0.2, 0.25) is 0 Å². The Hall–Kier alpha value is -2.51. The van der Waals surface area contributed by atoms with Gasteiger partial charge in [0.1, 0.15) is 17.2 Å². The number of hydrogen-bond donors (Lipinski definition) is 0. The van der Waals surface area contributed by atoms with Gasteiger partial charge in [0, 0.05) is 33.4 Å². The van der Waals surface area contributed by atoms with Gasteiger partial charge in [-0.2, -0.15) is 0 Å². The summed E-state index contributed by atoms with van der Waals surface area (Å²) in [7, 11) is -2.03. The molecule has 0 aliphatic heterocycles. The van der Waals surface area contributed by atoms with Crippen molar-refractivity contribution in [2.45, 2.75) is 216 Å². The molecule has 0 aliphatic carbocycles. The maximum atomic E-state index is 7.60. The molecule has 3 aromatic carbocycles. The van der Waals surface area contributed by atoms with Crippen LogP contribution >= 0.6 is 8.60 Å². The van der Waals surface area contributed by atoms with E-state index in [1.54, 1.807) is 0 Å². The van der Waals surface area contributed by atoms with Crippen molar-refractivity contribution < 1.29 is 13.6 Å². The molecule has 3 aromatic rings. The minimum atomic E-state index is -2.03. The van der Waals surface area contributed by atoms with Crippen molar-refractivity contribution in [1.82, 2.24) is 0 Å². The van der Waals surface area contributed by atoms with E-state index in [-0.39, 0.29) is 32.5 Å². The molecule has 0 unspecified atom stereocenters. The van der Waals surface area contributed by atoms with Gasteiger partial charge in [0.2, 0.25) is 0 Å². The minimum Gasteiger partial charge on any atom is -0.408 e. The molecule has 0 radical (unpaired) electrons. The van der Waals surface area contributed by atoms with E-state index >= 15 is 0 Å². The van der Waals surface area contributed by atoms with Gasteiger partial charge >= 0.3 is 8.60 Å². The highest BCUT2D eigenvalue weighted by Gasteiger charge is 2.39. The molecule has 3 rings (SSSR count). The molecule has 0 N–H and O–H groups in total. The van der Waals surface area contributed by atoms with Crippen LogP contribution in [0.4, 0.5) is 0 Å². The first-order valence-corrected chi connectivity index (χ1v) is 22.6. The van der Waals surface area contributed by atoms with E-state index in [9.17, 15) is 0 Å². The highest BCUT2D eigenvalue weighted by Crippen LogP contribution is 2.56. The summed E-state index contributed by atoms with van der Waals surface area (Å²) in [5.74, 6) is 2.74. The van der Waals surface area contributed by atoms with Gasteiger partial charge in [-0.3, -0.25) is 0 Å². The van der Waals surface area contributed by atoms with Crippen LogP contribution in [0.3, 0.4) is 0 Å². The van der Waals surface area contributed by atoms with Crippen molar-refractivity contribution in [3.8, 4) is 17.2 Å². The summed E-state index contributed by atoms with van der Waals surface area (Å²) >= 11 is 0. The Bertz CT molecular complexity index is 1470. The van der Waals surface area contributed by atoms with Crippen LogP contribution in [0.5, 0.6) is 17.2 Å². The monoisotopic (exact) mass is 773 g/mol. The highest BCUT2D eigenvalue weighted by molar-refractivity contribution is 7.43. The molecule has 0 heterocycles. The second-order valence-electron chi connectivity index (χ2n) is 20.5. The number of benzene rings is 3. The fraction of sp³-hybridized carbons (Fsp3) is 0.647. The summed E-state index contributed by atoms with van der Waals surface area (Å²) in [6, 6.07) is 14.0. The summed E-state index contributed by atoms with van der Waals surface area (Å²) in [5, 5.41) is 0. The molecule has 3 nitrogen and oxygen atoms in total. The molecule has 4 heteroatoms. The fourth-order valence-corrected chi connectivity index (χ4v) is 8.20. The molecule has 0 fully saturated rings. The first kappa shape index (κ1) is 46.9. The van der Waals surface area contributed by atoms with Gasteiger partial charge in [-0.25, -0.2) is 0 Å². The minimum absolute atomic E-state index is 0.135. The predicted octanol–water partition coefficient (Wildman–Crippen LogP) is 16.5. The van der Waals surface area contributed by atoms with E-state index in [4.69, 9.17) is 13.6 Å². The molecule has 55 heavy (non-hydrogen) atoms. The summed E-state index contributed by atoms with van der Waals surface area (Å²) in [6.45, 7) is 48.4. The van der Waals surface area contributed by atoms with Crippen LogP contribution in [0.25, 0.3) is 0 Å². The van der Waals surface area contributed by atoms with Crippen LogP contribution < -0.4 is 13.6 Å². The summed E-state index contributed by atoms with van der Waals surface area (Å²) in [5.41, 5.74) is 10.2. The smallest absolute Gasteiger partial charge is 0.408 e. The standard InChI is InChI=1S/C51H81O3P/c1-22-46(10,11)37-28-34(7)29-38(47(12,13)23-2)43(37)52-55(53-44-39(48(14,15)24-3)30-35(8)31-40(44)49(16,17)25-4)54-45-41(50(18,19)26-5)32-36(9)33-42(45)51(20,21)27-6/h28-33H,22-27H2,1-21H3. The van der Waals surface area contributed by atoms with E-state index in [1.807, 2.05) is 0 Å². The Morgan fingerprint density at radius 3 is 0.600 bits per heavy atom. The molecule has 0 saturated heterocycles. The summed E-state index contributed by atoms with van der Waals surface area (Å²) in [4.78, 5) is 0. The van der Waals surface area contributed by atoms with Crippen molar-refractivity contribution in [3.05, 3.63) is 86.5 Å². The summed E-state index contributed by atoms with van der Waals surface area (Å²) in [6.07, 6.45) is 5.84. The van der Waals surface area contributed by atoms with Gasteiger partial charge in [-0.15, -0.1) is 0 Å². The van der Waals surface area contributed by atoms with Crippen molar-refractivity contribution in [2.75, 3.05) is 0 Å². The van der Waals surface area contributed by atoms with Crippen molar-refractivity contribution >= 4 is 8.60 Å². The van der Waals surface area contributed by atoms with Gasteiger partial charge in [-0.05, 0) is 91.8 Å². The lowest BCUT2D eigenvalue weighted by Crippen LogP contribution is -2.26. The van der Waals surface area contributed by atoms with E-state index in [2.05, 4.69) is 182 Å². The molecule has 0 saturated carbocycles. The number of hydrogen-bond acceptors (Lipinski definition) is 3. The Morgan fingerprint density at radius 1 is 0.327 bits per heavy atom. The lowest BCUT2D eigenvalue weighted by molar-refractivity contribution is 0.346. The van der Waals surface area contributed by atoms with Crippen LogP contribution in [-0.4, -0.2) is 0 Å². The number of aryl methyl sites for hydroxylation is 3. The zero-order valence-electron chi connectivity index (χ0n) is 39.4. The van der Waals surface area contributed by atoms with E-state index in [0.717, 1.165) is 55.8 Å². The van der Waals surface area contributed by atoms with E-state index in [0.29, 0.717) is 0 Å². The lowest BCUT2D eigenvalue weighted by atomic mass is 9.75. The van der Waals surface area contributed by atoms with Crippen molar-refractivity contribution in [1.29, 1.82) is 0 Å². The first-order chi connectivity index (χ1) is 25.2. The topological polar surface area (TPSA) is 27.7 Å².